The Hall–Kier alpha value is -1.45. The van der Waals surface area contributed by atoms with E-state index in [2.05, 4.69) is 25.8 Å². The highest BCUT2D eigenvalue weighted by atomic mass is 16.7. The third kappa shape index (κ3) is 1.47. The lowest BCUT2D eigenvalue weighted by Gasteiger charge is -2.24. The fourth-order valence-corrected chi connectivity index (χ4v) is 1.31. The highest BCUT2D eigenvalue weighted by molar-refractivity contribution is 5.95. The van der Waals surface area contributed by atoms with E-state index in [0.717, 1.165) is 17.3 Å². The van der Waals surface area contributed by atoms with Gasteiger partial charge in [-0.2, -0.15) is 5.06 Å². The average molecular weight is 193 g/mol. The molecule has 0 unspecified atom stereocenters. The van der Waals surface area contributed by atoms with Gasteiger partial charge in [-0.15, -0.1) is 0 Å². The van der Waals surface area contributed by atoms with Crippen molar-refractivity contribution in [1.82, 2.24) is 5.06 Å². The van der Waals surface area contributed by atoms with Crippen molar-refractivity contribution in [1.29, 1.82) is 0 Å². The molecule has 2 aliphatic heterocycles. The number of aliphatic imine (C=N–C) groups is 1. The zero-order valence-corrected chi connectivity index (χ0v) is 8.74. The van der Waals surface area contributed by atoms with Gasteiger partial charge in [0, 0.05) is 11.5 Å². The Morgan fingerprint density at radius 3 is 2.86 bits per heavy atom. The summed E-state index contributed by atoms with van der Waals surface area (Å²) in [6.45, 7) is 6.91. The minimum Gasteiger partial charge on any atom is -0.399 e. The van der Waals surface area contributed by atoms with E-state index in [4.69, 9.17) is 10.6 Å². The highest BCUT2D eigenvalue weighted by Gasteiger charge is 2.31. The van der Waals surface area contributed by atoms with Crippen LogP contribution in [0.4, 0.5) is 0 Å². The molecular formula is C10H15N3O. The highest BCUT2D eigenvalue weighted by Crippen LogP contribution is 2.31. The second-order valence-electron chi connectivity index (χ2n) is 4.58. The van der Waals surface area contributed by atoms with Gasteiger partial charge in [-0.05, 0) is 0 Å². The van der Waals surface area contributed by atoms with Gasteiger partial charge in [0.05, 0.1) is 18.4 Å². The number of amidine groups is 1. The Balaban J connectivity index is 2.25. The molecule has 0 saturated heterocycles. The summed E-state index contributed by atoms with van der Waals surface area (Å²) in [7, 11) is 0. The van der Waals surface area contributed by atoms with Crippen molar-refractivity contribution in [3.63, 3.8) is 0 Å². The molecule has 4 heteroatoms. The number of allylic oxidation sites excluding steroid dienone is 1. The first-order chi connectivity index (χ1) is 6.47. The summed E-state index contributed by atoms with van der Waals surface area (Å²) in [5, 5.41) is 1.72. The maximum absolute atomic E-state index is 5.65. The topological polar surface area (TPSA) is 50.8 Å². The SMILES string of the molecule is CC(C)(C)C1=CC2=NC=C(N)CN2O1. The molecule has 4 nitrogen and oxygen atoms in total. The molecule has 0 aromatic rings. The Kier molecular flexibility index (Phi) is 1.80. The second kappa shape index (κ2) is 2.77. The molecule has 0 aliphatic carbocycles. The lowest BCUT2D eigenvalue weighted by molar-refractivity contribution is -0.0545. The predicted octanol–water partition coefficient (Wildman–Crippen LogP) is 1.38. The lowest BCUT2D eigenvalue weighted by atomic mass is 9.94. The largest absolute Gasteiger partial charge is 0.399 e. The minimum absolute atomic E-state index is 0.00855. The summed E-state index contributed by atoms with van der Waals surface area (Å²) >= 11 is 0. The fourth-order valence-electron chi connectivity index (χ4n) is 1.31. The lowest BCUT2D eigenvalue weighted by Crippen LogP contribution is -2.31. The molecule has 14 heavy (non-hydrogen) atoms. The molecule has 0 fully saturated rings. The van der Waals surface area contributed by atoms with Crippen LogP contribution in [0.1, 0.15) is 20.8 Å². The number of hydrogen-bond donors (Lipinski definition) is 1. The van der Waals surface area contributed by atoms with E-state index in [1.807, 2.05) is 6.08 Å². The van der Waals surface area contributed by atoms with Crippen LogP contribution in [0, 0.1) is 5.41 Å². The molecule has 2 heterocycles. The van der Waals surface area contributed by atoms with Crippen LogP contribution in [0.25, 0.3) is 0 Å². The standard InChI is InChI=1S/C10H15N3O/c1-10(2,3)8-4-9-12-5-7(11)6-13(9)14-8/h4-5H,6,11H2,1-3H3. The van der Waals surface area contributed by atoms with Gasteiger partial charge in [-0.25, -0.2) is 4.99 Å². The van der Waals surface area contributed by atoms with Crippen LogP contribution in [-0.2, 0) is 4.84 Å². The fraction of sp³-hybridized carbons (Fsp3) is 0.500. The van der Waals surface area contributed by atoms with Gasteiger partial charge in [0.2, 0.25) is 0 Å². The summed E-state index contributed by atoms with van der Waals surface area (Å²) in [5.74, 6) is 1.77. The summed E-state index contributed by atoms with van der Waals surface area (Å²) in [5.41, 5.74) is 6.38. The molecule has 0 bridgehead atoms. The summed E-state index contributed by atoms with van der Waals surface area (Å²) in [6, 6.07) is 0. The molecule has 0 aromatic carbocycles. The van der Waals surface area contributed by atoms with E-state index < -0.39 is 0 Å². The number of fused-ring (bicyclic) bond motifs is 1. The molecule has 0 saturated carbocycles. The van der Waals surface area contributed by atoms with Gasteiger partial charge in [0.25, 0.3) is 0 Å². The molecule has 76 valence electrons. The molecule has 2 rings (SSSR count). The molecule has 0 aromatic heterocycles. The molecule has 0 atom stereocenters. The Labute approximate surface area is 83.7 Å². The summed E-state index contributed by atoms with van der Waals surface area (Å²) in [4.78, 5) is 9.83. The van der Waals surface area contributed by atoms with E-state index in [1.54, 1.807) is 11.3 Å². The quantitative estimate of drug-likeness (QED) is 0.632. The first-order valence-corrected chi connectivity index (χ1v) is 4.67. The minimum atomic E-state index is 0.00855. The molecular weight excluding hydrogens is 178 g/mol. The summed E-state index contributed by atoms with van der Waals surface area (Å²) < 4.78 is 0. The van der Waals surface area contributed by atoms with Crippen molar-refractivity contribution < 1.29 is 4.84 Å². The monoisotopic (exact) mass is 193 g/mol. The van der Waals surface area contributed by atoms with Gasteiger partial charge >= 0.3 is 0 Å². The van der Waals surface area contributed by atoms with Gasteiger partial charge in [-0.3, -0.25) is 0 Å². The second-order valence-corrected chi connectivity index (χ2v) is 4.58. The number of nitrogens with zero attached hydrogens (tertiary/aromatic N) is 2. The van der Waals surface area contributed by atoms with Crippen LogP contribution >= 0.6 is 0 Å². The van der Waals surface area contributed by atoms with Crippen LogP contribution < -0.4 is 5.73 Å². The zero-order chi connectivity index (χ0) is 10.3. The molecule has 0 amide bonds. The van der Waals surface area contributed by atoms with Crippen molar-refractivity contribution in [2.45, 2.75) is 20.8 Å². The van der Waals surface area contributed by atoms with Crippen LogP contribution in [0.15, 0.2) is 28.7 Å². The van der Waals surface area contributed by atoms with E-state index in [-0.39, 0.29) is 5.41 Å². The normalized spacial score (nSPS) is 20.8. The maximum atomic E-state index is 5.65. The first kappa shape index (κ1) is 9.12. The van der Waals surface area contributed by atoms with Crippen molar-refractivity contribution >= 4 is 5.84 Å². The van der Waals surface area contributed by atoms with Crippen LogP contribution in [0.3, 0.4) is 0 Å². The third-order valence-electron chi connectivity index (χ3n) is 2.15. The van der Waals surface area contributed by atoms with Gasteiger partial charge in [0.15, 0.2) is 5.84 Å². The number of nitrogens with two attached hydrogens (primary N) is 1. The van der Waals surface area contributed by atoms with Crippen molar-refractivity contribution in [2.24, 2.45) is 16.1 Å². The molecule has 0 radical (unpaired) electrons. The predicted molar refractivity (Wildman–Crippen MR) is 55.0 cm³/mol. The van der Waals surface area contributed by atoms with Crippen molar-refractivity contribution in [2.75, 3.05) is 6.54 Å². The molecule has 0 spiro atoms. The van der Waals surface area contributed by atoms with Crippen LogP contribution in [0.2, 0.25) is 0 Å². The van der Waals surface area contributed by atoms with Gasteiger partial charge in [0.1, 0.15) is 5.76 Å². The third-order valence-corrected chi connectivity index (χ3v) is 2.15. The number of rotatable bonds is 0. The molecule has 2 aliphatic rings. The van der Waals surface area contributed by atoms with Gasteiger partial charge < -0.3 is 10.6 Å². The smallest absolute Gasteiger partial charge is 0.167 e. The Morgan fingerprint density at radius 1 is 1.50 bits per heavy atom. The maximum Gasteiger partial charge on any atom is 0.167 e. The zero-order valence-electron chi connectivity index (χ0n) is 8.74. The Morgan fingerprint density at radius 2 is 2.21 bits per heavy atom. The number of hydroxylamine groups is 2. The summed E-state index contributed by atoms with van der Waals surface area (Å²) in [6.07, 6.45) is 3.64. The van der Waals surface area contributed by atoms with E-state index in [1.165, 1.54) is 0 Å². The van der Waals surface area contributed by atoms with Crippen LogP contribution in [0.5, 0.6) is 0 Å². The Bertz CT molecular complexity index is 347. The average Bonchev–Trinajstić information content (AvgIpc) is 2.45. The van der Waals surface area contributed by atoms with Crippen molar-refractivity contribution in [3.05, 3.63) is 23.7 Å². The van der Waals surface area contributed by atoms with Crippen molar-refractivity contribution in [3.8, 4) is 0 Å². The molecule has 2 N–H and O–H groups in total. The van der Waals surface area contributed by atoms with Gasteiger partial charge in [-0.1, -0.05) is 20.8 Å². The van der Waals surface area contributed by atoms with E-state index >= 15 is 0 Å². The number of hydrogen-bond acceptors (Lipinski definition) is 4. The van der Waals surface area contributed by atoms with E-state index in [9.17, 15) is 0 Å². The van der Waals surface area contributed by atoms with Crippen LogP contribution in [-0.4, -0.2) is 17.4 Å². The van der Waals surface area contributed by atoms with E-state index in [0.29, 0.717) is 6.54 Å². The first-order valence-electron chi connectivity index (χ1n) is 4.67.